The van der Waals surface area contributed by atoms with Crippen LogP contribution in [0.5, 0.6) is 0 Å². The van der Waals surface area contributed by atoms with Crippen LogP contribution in [0, 0.1) is 5.92 Å². The fourth-order valence-electron chi connectivity index (χ4n) is 1.78. The molecule has 4 nitrogen and oxygen atoms in total. The summed E-state index contributed by atoms with van der Waals surface area (Å²) in [6.07, 6.45) is 3.70. The Hall–Kier alpha value is -0.160. The van der Waals surface area contributed by atoms with E-state index in [2.05, 4.69) is 6.92 Å². The Bertz CT molecular complexity index is 247. The number of rotatable bonds is 4. The van der Waals surface area contributed by atoms with Crippen molar-refractivity contribution in [1.82, 2.24) is 0 Å². The predicted molar refractivity (Wildman–Crippen MR) is 74.2 cm³/mol. The number of hydrogen-bond acceptors (Lipinski definition) is 4. The Kier molecular flexibility index (Phi) is 5.41. The van der Waals surface area contributed by atoms with Crippen molar-refractivity contribution in [3.05, 3.63) is 0 Å². The van der Waals surface area contributed by atoms with E-state index < -0.39 is 5.79 Å². The maximum absolute atomic E-state index is 5.63. The smallest absolute Gasteiger partial charge is 0.228 e. The lowest BCUT2D eigenvalue weighted by Gasteiger charge is -2.39. The second-order valence-electron chi connectivity index (χ2n) is 7.65. The van der Waals surface area contributed by atoms with Gasteiger partial charge in [-0.25, -0.2) is 9.78 Å². The summed E-state index contributed by atoms with van der Waals surface area (Å²) in [5.74, 6) is -0.0721. The molecule has 4 heteroatoms. The molecule has 0 amide bonds. The van der Waals surface area contributed by atoms with E-state index in [0.717, 1.165) is 25.7 Å². The van der Waals surface area contributed by atoms with Gasteiger partial charge in [-0.1, -0.05) is 6.92 Å². The van der Waals surface area contributed by atoms with Gasteiger partial charge in [0.05, 0.1) is 11.2 Å². The van der Waals surface area contributed by atoms with Crippen molar-refractivity contribution in [2.75, 3.05) is 0 Å². The Morgan fingerprint density at radius 1 is 0.789 bits per heavy atom. The zero-order chi connectivity index (χ0) is 14.7. The first-order valence-electron chi connectivity index (χ1n) is 7.25. The van der Waals surface area contributed by atoms with Crippen LogP contribution in [-0.4, -0.2) is 17.0 Å². The van der Waals surface area contributed by atoms with Crippen molar-refractivity contribution in [1.29, 1.82) is 0 Å². The minimum Gasteiger partial charge on any atom is -0.228 e. The van der Waals surface area contributed by atoms with Gasteiger partial charge < -0.3 is 0 Å². The lowest BCUT2D eigenvalue weighted by atomic mass is 9.86. The zero-order valence-corrected chi connectivity index (χ0v) is 13.5. The quantitative estimate of drug-likeness (QED) is 0.433. The molecule has 1 aliphatic carbocycles. The van der Waals surface area contributed by atoms with Crippen LogP contribution < -0.4 is 0 Å². The van der Waals surface area contributed by atoms with E-state index in [-0.39, 0.29) is 11.2 Å². The molecule has 0 aromatic heterocycles. The molecule has 0 atom stereocenters. The SMILES string of the molecule is CC1CCC(OOC(C)(C)C)(OOC(C)(C)C)CC1. The van der Waals surface area contributed by atoms with Crippen molar-refractivity contribution in [3.63, 3.8) is 0 Å². The first kappa shape index (κ1) is 16.9. The van der Waals surface area contributed by atoms with Crippen LogP contribution in [0.15, 0.2) is 0 Å². The van der Waals surface area contributed by atoms with Crippen LogP contribution >= 0.6 is 0 Å². The third kappa shape index (κ3) is 6.70. The fraction of sp³-hybridized carbons (Fsp3) is 1.00. The highest BCUT2D eigenvalue weighted by atomic mass is 17.3. The van der Waals surface area contributed by atoms with Crippen LogP contribution in [0.3, 0.4) is 0 Å². The van der Waals surface area contributed by atoms with Gasteiger partial charge in [0.2, 0.25) is 5.79 Å². The summed E-state index contributed by atoms with van der Waals surface area (Å²) in [4.78, 5) is 22.2. The molecule has 1 aliphatic rings. The van der Waals surface area contributed by atoms with Crippen molar-refractivity contribution in [3.8, 4) is 0 Å². The Morgan fingerprint density at radius 3 is 1.47 bits per heavy atom. The van der Waals surface area contributed by atoms with Crippen molar-refractivity contribution >= 4 is 0 Å². The highest BCUT2D eigenvalue weighted by Crippen LogP contribution is 2.37. The Balaban J connectivity index is 2.62. The van der Waals surface area contributed by atoms with Gasteiger partial charge in [-0.15, -0.1) is 0 Å². The molecule has 0 N–H and O–H groups in total. The molecule has 0 radical (unpaired) electrons. The Labute approximate surface area is 117 Å². The molecule has 0 bridgehead atoms. The molecule has 0 aromatic carbocycles. The zero-order valence-electron chi connectivity index (χ0n) is 13.5. The molecule has 0 spiro atoms. The van der Waals surface area contributed by atoms with Crippen LogP contribution in [0.1, 0.15) is 74.1 Å². The van der Waals surface area contributed by atoms with E-state index in [4.69, 9.17) is 19.6 Å². The van der Waals surface area contributed by atoms with Crippen molar-refractivity contribution in [2.24, 2.45) is 5.92 Å². The van der Waals surface area contributed by atoms with Gasteiger partial charge in [-0.2, -0.15) is 9.78 Å². The summed E-state index contributed by atoms with van der Waals surface area (Å²) < 4.78 is 0. The average Bonchev–Trinajstić information content (AvgIpc) is 2.25. The van der Waals surface area contributed by atoms with E-state index in [1.165, 1.54) is 0 Å². The first-order valence-corrected chi connectivity index (χ1v) is 7.25. The van der Waals surface area contributed by atoms with E-state index >= 15 is 0 Å². The molecule has 1 rings (SSSR count). The highest BCUT2D eigenvalue weighted by Gasteiger charge is 2.41. The summed E-state index contributed by atoms with van der Waals surface area (Å²) in [5.41, 5.74) is -0.720. The van der Waals surface area contributed by atoms with Gasteiger partial charge in [0.1, 0.15) is 0 Å². The molecule has 114 valence electrons. The van der Waals surface area contributed by atoms with Crippen molar-refractivity contribution < 1.29 is 19.6 Å². The van der Waals surface area contributed by atoms with Crippen LogP contribution in [-0.2, 0) is 19.6 Å². The third-order valence-electron chi connectivity index (χ3n) is 2.92. The summed E-state index contributed by atoms with van der Waals surface area (Å²) in [7, 11) is 0. The lowest BCUT2D eigenvalue weighted by Crippen LogP contribution is -2.43. The molecule has 0 saturated heterocycles. The topological polar surface area (TPSA) is 36.9 Å². The summed E-state index contributed by atoms with van der Waals surface area (Å²) in [6, 6.07) is 0. The largest absolute Gasteiger partial charge is 0.234 e. The highest BCUT2D eigenvalue weighted by molar-refractivity contribution is 4.77. The number of hydrogen-bond donors (Lipinski definition) is 0. The molecule has 0 heterocycles. The summed E-state index contributed by atoms with van der Waals surface area (Å²) in [5, 5.41) is 0. The maximum Gasteiger partial charge on any atom is 0.234 e. The standard InChI is InChI=1S/C15H30O4/c1-12-8-10-15(11-9-12,18-16-13(2,3)4)19-17-14(5,6)7/h12H,8-11H2,1-7H3. The van der Waals surface area contributed by atoms with Crippen molar-refractivity contribution in [2.45, 2.75) is 91.1 Å². The van der Waals surface area contributed by atoms with Gasteiger partial charge in [0.15, 0.2) is 0 Å². The second-order valence-corrected chi connectivity index (χ2v) is 7.65. The van der Waals surface area contributed by atoms with E-state index in [0.29, 0.717) is 5.92 Å². The van der Waals surface area contributed by atoms with E-state index in [9.17, 15) is 0 Å². The Morgan fingerprint density at radius 2 is 1.16 bits per heavy atom. The normalized spacial score (nSPS) is 21.6. The monoisotopic (exact) mass is 274 g/mol. The molecular formula is C15H30O4. The van der Waals surface area contributed by atoms with Crippen LogP contribution in [0.2, 0.25) is 0 Å². The second kappa shape index (κ2) is 6.08. The predicted octanol–water partition coefficient (Wildman–Crippen LogP) is 4.39. The molecule has 1 fully saturated rings. The van der Waals surface area contributed by atoms with E-state index in [1.807, 2.05) is 41.5 Å². The summed E-state index contributed by atoms with van der Waals surface area (Å²) >= 11 is 0. The first-order chi connectivity index (χ1) is 8.52. The molecule has 0 aromatic rings. The molecular weight excluding hydrogens is 244 g/mol. The minimum atomic E-state index is -0.771. The molecule has 0 unspecified atom stereocenters. The van der Waals surface area contributed by atoms with Gasteiger partial charge in [-0.05, 0) is 60.3 Å². The van der Waals surface area contributed by atoms with Gasteiger partial charge in [0.25, 0.3) is 0 Å². The van der Waals surface area contributed by atoms with Gasteiger partial charge >= 0.3 is 0 Å². The fourth-order valence-corrected chi connectivity index (χ4v) is 1.78. The lowest BCUT2D eigenvalue weighted by molar-refractivity contribution is -0.546. The van der Waals surface area contributed by atoms with Gasteiger partial charge in [0, 0.05) is 12.8 Å². The molecule has 19 heavy (non-hydrogen) atoms. The maximum atomic E-state index is 5.63. The minimum absolute atomic E-state index is 0.360. The molecule has 0 aliphatic heterocycles. The average molecular weight is 274 g/mol. The van der Waals surface area contributed by atoms with Crippen LogP contribution in [0.25, 0.3) is 0 Å². The molecule has 1 saturated carbocycles. The van der Waals surface area contributed by atoms with Crippen LogP contribution in [0.4, 0.5) is 0 Å². The van der Waals surface area contributed by atoms with E-state index in [1.54, 1.807) is 0 Å². The van der Waals surface area contributed by atoms with Gasteiger partial charge in [-0.3, -0.25) is 0 Å². The summed E-state index contributed by atoms with van der Waals surface area (Å²) in [6.45, 7) is 14.0. The third-order valence-corrected chi connectivity index (χ3v) is 2.92.